The molecule has 0 saturated carbocycles. The van der Waals surface area contributed by atoms with Gasteiger partial charge in [0.2, 0.25) is 5.95 Å². The Kier molecular flexibility index (Phi) is 4.33. The van der Waals surface area contributed by atoms with Crippen molar-refractivity contribution < 1.29 is 4.74 Å². The van der Waals surface area contributed by atoms with Gasteiger partial charge in [0.05, 0.1) is 36.2 Å². The summed E-state index contributed by atoms with van der Waals surface area (Å²) in [4.78, 5) is 24.9. The van der Waals surface area contributed by atoms with Crippen LogP contribution in [0.3, 0.4) is 0 Å². The van der Waals surface area contributed by atoms with Crippen LogP contribution in [-0.2, 0) is 18.3 Å². The van der Waals surface area contributed by atoms with E-state index in [4.69, 9.17) is 15.5 Å². The van der Waals surface area contributed by atoms with E-state index in [2.05, 4.69) is 16.8 Å². The van der Waals surface area contributed by atoms with E-state index in [0.717, 1.165) is 55.5 Å². The molecule has 7 nitrogen and oxygen atoms in total. The maximum absolute atomic E-state index is 13.2. The molecule has 0 bridgehead atoms. The molecular weight excluding hydrogens is 366 g/mol. The molecule has 7 heteroatoms. The normalized spacial score (nSPS) is 25.3. The Labute approximate surface area is 170 Å². The van der Waals surface area contributed by atoms with E-state index in [0.29, 0.717) is 12.1 Å². The summed E-state index contributed by atoms with van der Waals surface area (Å²) < 4.78 is 7.50. The second-order valence-corrected chi connectivity index (χ2v) is 8.52. The van der Waals surface area contributed by atoms with Crippen molar-refractivity contribution in [1.82, 2.24) is 9.55 Å². The number of anilines is 1. The third-order valence-corrected chi connectivity index (χ3v) is 6.90. The summed E-state index contributed by atoms with van der Waals surface area (Å²) in [7, 11) is 1.81. The Balaban J connectivity index is 1.43. The van der Waals surface area contributed by atoms with Gasteiger partial charge in [-0.25, -0.2) is 4.98 Å². The molecule has 0 radical (unpaired) electrons. The van der Waals surface area contributed by atoms with E-state index in [1.807, 2.05) is 37.4 Å². The Bertz CT molecular complexity index is 1020. The molecule has 2 fully saturated rings. The summed E-state index contributed by atoms with van der Waals surface area (Å²) in [5, 5.41) is 0. The molecule has 3 aliphatic heterocycles. The van der Waals surface area contributed by atoms with Crippen molar-refractivity contribution in [2.45, 2.75) is 38.5 Å². The fourth-order valence-corrected chi connectivity index (χ4v) is 4.96. The first-order chi connectivity index (χ1) is 14.0. The summed E-state index contributed by atoms with van der Waals surface area (Å²) in [5.74, 6) is 0.730. The Morgan fingerprint density at radius 1 is 1.21 bits per heavy atom. The molecule has 0 unspecified atom stereocenters. The SMILES string of the molecule is C[C@@H]1OCC2(CCN(c3nc4c(c(=O)n3C)C(c3ccccc3)=NC4)CC2)[C@@H]1N. The van der Waals surface area contributed by atoms with E-state index < -0.39 is 0 Å². The van der Waals surface area contributed by atoms with Crippen molar-refractivity contribution in [3.63, 3.8) is 0 Å². The van der Waals surface area contributed by atoms with Gasteiger partial charge in [-0.2, -0.15) is 0 Å². The third-order valence-electron chi connectivity index (χ3n) is 6.90. The number of nitrogens with two attached hydrogens (primary N) is 1. The molecule has 2 atom stereocenters. The van der Waals surface area contributed by atoms with Gasteiger partial charge in [0.25, 0.3) is 5.56 Å². The van der Waals surface area contributed by atoms with Gasteiger partial charge >= 0.3 is 0 Å². The van der Waals surface area contributed by atoms with Crippen molar-refractivity contribution in [1.29, 1.82) is 0 Å². The van der Waals surface area contributed by atoms with Crippen LogP contribution in [0.1, 0.15) is 36.6 Å². The topological polar surface area (TPSA) is 85.7 Å². The monoisotopic (exact) mass is 393 g/mol. The van der Waals surface area contributed by atoms with Crippen LogP contribution < -0.4 is 16.2 Å². The summed E-state index contributed by atoms with van der Waals surface area (Å²) >= 11 is 0. The van der Waals surface area contributed by atoms with Gasteiger partial charge in [0, 0.05) is 37.2 Å². The van der Waals surface area contributed by atoms with E-state index >= 15 is 0 Å². The molecule has 29 heavy (non-hydrogen) atoms. The second-order valence-electron chi connectivity index (χ2n) is 8.52. The molecule has 0 aliphatic carbocycles. The van der Waals surface area contributed by atoms with Crippen molar-refractivity contribution in [3.05, 3.63) is 57.5 Å². The Morgan fingerprint density at radius 3 is 2.59 bits per heavy atom. The number of hydrogen-bond donors (Lipinski definition) is 1. The van der Waals surface area contributed by atoms with Gasteiger partial charge in [0.1, 0.15) is 0 Å². The fourth-order valence-electron chi connectivity index (χ4n) is 4.96. The fraction of sp³-hybridized carbons (Fsp3) is 0.500. The van der Waals surface area contributed by atoms with E-state index in [1.165, 1.54) is 0 Å². The average Bonchev–Trinajstić information content (AvgIpc) is 3.30. The molecule has 5 rings (SSSR count). The molecular formula is C22H27N5O2. The third kappa shape index (κ3) is 2.83. The summed E-state index contributed by atoms with van der Waals surface area (Å²) in [5.41, 5.74) is 9.58. The number of nitrogens with zero attached hydrogens (tertiary/aromatic N) is 4. The molecule has 1 aromatic carbocycles. The molecule has 3 aliphatic rings. The average molecular weight is 393 g/mol. The van der Waals surface area contributed by atoms with Crippen LogP contribution in [0.2, 0.25) is 0 Å². The first-order valence-corrected chi connectivity index (χ1v) is 10.3. The van der Waals surface area contributed by atoms with Gasteiger partial charge in [-0.15, -0.1) is 0 Å². The van der Waals surface area contributed by atoms with Crippen LogP contribution in [-0.4, -0.2) is 47.1 Å². The number of aliphatic imine (C=N–C) groups is 1. The maximum atomic E-state index is 13.2. The minimum Gasteiger partial charge on any atom is -0.376 e. The predicted octanol–water partition coefficient (Wildman–Crippen LogP) is 1.46. The number of benzene rings is 1. The van der Waals surface area contributed by atoms with E-state index in [1.54, 1.807) is 4.57 Å². The first kappa shape index (κ1) is 18.5. The number of aromatic nitrogens is 2. The number of piperidine rings is 1. The second kappa shape index (κ2) is 6.78. The van der Waals surface area contributed by atoms with Gasteiger partial charge in [-0.3, -0.25) is 14.4 Å². The zero-order valence-electron chi connectivity index (χ0n) is 17.0. The lowest BCUT2D eigenvalue weighted by atomic mass is 9.73. The highest BCUT2D eigenvalue weighted by Gasteiger charge is 2.47. The number of rotatable bonds is 2. The highest BCUT2D eigenvalue weighted by molar-refractivity contribution is 6.14. The van der Waals surface area contributed by atoms with Crippen molar-refractivity contribution in [3.8, 4) is 0 Å². The van der Waals surface area contributed by atoms with Crippen LogP contribution in [0.15, 0.2) is 40.1 Å². The Morgan fingerprint density at radius 2 is 1.93 bits per heavy atom. The molecule has 2 N–H and O–H groups in total. The lowest BCUT2D eigenvalue weighted by Crippen LogP contribution is -2.51. The van der Waals surface area contributed by atoms with Gasteiger partial charge in [-0.05, 0) is 19.8 Å². The molecule has 2 saturated heterocycles. The zero-order chi connectivity index (χ0) is 20.2. The quantitative estimate of drug-likeness (QED) is 0.835. The van der Waals surface area contributed by atoms with Crippen molar-refractivity contribution >= 4 is 11.7 Å². The van der Waals surface area contributed by atoms with Crippen molar-refractivity contribution in [2.24, 2.45) is 23.2 Å². The predicted molar refractivity (Wildman–Crippen MR) is 113 cm³/mol. The standard InChI is InChI=1S/C22H27N5O2/c1-14-19(23)22(13-29-14)8-10-27(11-9-22)21-25-16-12-24-18(15-6-4-3-5-7-15)17(16)20(28)26(21)2/h3-7,14,19H,8-13,23H2,1-2H3/t14-,19+/m0/s1. The smallest absolute Gasteiger partial charge is 0.264 e. The number of hydrogen-bond acceptors (Lipinski definition) is 6. The van der Waals surface area contributed by atoms with Gasteiger partial charge < -0.3 is 15.4 Å². The first-order valence-electron chi connectivity index (χ1n) is 10.3. The van der Waals surface area contributed by atoms with Crippen LogP contribution in [0, 0.1) is 5.41 Å². The largest absolute Gasteiger partial charge is 0.376 e. The van der Waals surface area contributed by atoms with Crippen LogP contribution in [0.4, 0.5) is 5.95 Å². The molecule has 152 valence electrons. The highest BCUT2D eigenvalue weighted by atomic mass is 16.5. The lowest BCUT2D eigenvalue weighted by Gasteiger charge is -2.41. The molecule has 1 spiro atoms. The number of fused-ring (bicyclic) bond motifs is 1. The minimum atomic E-state index is -0.0279. The van der Waals surface area contributed by atoms with Gasteiger partial charge in [-0.1, -0.05) is 30.3 Å². The van der Waals surface area contributed by atoms with Crippen molar-refractivity contribution in [2.75, 3.05) is 24.6 Å². The van der Waals surface area contributed by atoms with Crippen LogP contribution >= 0.6 is 0 Å². The van der Waals surface area contributed by atoms with Crippen LogP contribution in [0.25, 0.3) is 0 Å². The molecule has 4 heterocycles. The Hall–Kier alpha value is -2.51. The summed E-state index contributed by atoms with van der Waals surface area (Å²) in [6.07, 6.45) is 2.02. The molecule has 2 aromatic rings. The van der Waals surface area contributed by atoms with Crippen LogP contribution in [0.5, 0.6) is 0 Å². The zero-order valence-corrected chi connectivity index (χ0v) is 17.0. The summed E-state index contributed by atoms with van der Waals surface area (Å²) in [6.45, 7) is 4.90. The van der Waals surface area contributed by atoms with E-state index in [9.17, 15) is 4.79 Å². The minimum absolute atomic E-state index is 0.0279. The number of ether oxygens (including phenoxy) is 1. The maximum Gasteiger partial charge on any atom is 0.264 e. The molecule has 1 aromatic heterocycles. The van der Waals surface area contributed by atoms with Gasteiger partial charge in [0.15, 0.2) is 0 Å². The summed E-state index contributed by atoms with van der Waals surface area (Å²) in [6, 6.07) is 9.93. The molecule has 0 amide bonds. The highest BCUT2D eigenvalue weighted by Crippen LogP contribution is 2.41. The van der Waals surface area contributed by atoms with E-state index in [-0.39, 0.29) is 23.1 Å². The lowest BCUT2D eigenvalue weighted by molar-refractivity contribution is 0.0973.